The van der Waals surface area contributed by atoms with E-state index in [1.165, 1.54) is 7.11 Å². The molecule has 4 rings (SSSR count). The van der Waals surface area contributed by atoms with Gasteiger partial charge in [-0.3, -0.25) is 4.79 Å². The van der Waals surface area contributed by atoms with Gasteiger partial charge >= 0.3 is 5.97 Å². The number of methoxy groups -OCH3 is 3. The summed E-state index contributed by atoms with van der Waals surface area (Å²) in [5, 5.41) is 11.5. The Kier molecular flexibility index (Phi) is 6.92. The van der Waals surface area contributed by atoms with Crippen molar-refractivity contribution in [1.82, 2.24) is 0 Å². The molecule has 2 aromatic carbocycles. The van der Waals surface area contributed by atoms with Gasteiger partial charge in [-0.2, -0.15) is 0 Å². The van der Waals surface area contributed by atoms with Crippen LogP contribution in [0.2, 0.25) is 0 Å². The van der Waals surface area contributed by atoms with Crippen LogP contribution in [0, 0.1) is 17.8 Å². The standard InChI is InChI=1S/C27H34O8/c1-8-13(2)27(29)35-23-15(4)14(3)9-16-10-18(30-5)25(31-6)26(32-7)20(16)21-17(23)11-19-24(22(21)28)34-12-33-19/h10-11,13-15,23,28H,8-9,12H2,1-7H3/t13-,14-,15-,23+/m1/s1. The molecule has 0 saturated carbocycles. The van der Waals surface area contributed by atoms with Gasteiger partial charge in [0, 0.05) is 22.6 Å². The summed E-state index contributed by atoms with van der Waals surface area (Å²) in [6, 6.07) is 3.72. The molecule has 0 radical (unpaired) electrons. The van der Waals surface area contributed by atoms with E-state index < -0.39 is 6.10 Å². The van der Waals surface area contributed by atoms with Gasteiger partial charge in [0.25, 0.3) is 0 Å². The van der Waals surface area contributed by atoms with Crippen molar-refractivity contribution in [3.05, 3.63) is 23.3 Å². The fraction of sp³-hybridized carbons (Fsp3) is 0.519. The summed E-state index contributed by atoms with van der Waals surface area (Å²) in [7, 11) is 4.66. The van der Waals surface area contributed by atoms with Gasteiger partial charge in [-0.1, -0.05) is 27.7 Å². The highest BCUT2D eigenvalue weighted by molar-refractivity contribution is 5.88. The van der Waals surface area contributed by atoms with Crippen molar-refractivity contribution in [2.75, 3.05) is 28.1 Å². The van der Waals surface area contributed by atoms with Crippen molar-refractivity contribution >= 4 is 5.97 Å². The summed E-state index contributed by atoms with van der Waals surface area (Å²) >= 11 is 0. The Morgan fingerprint density at radius 2 is 1.80 bits per heavy atom. The summed E-state index contributed by atoms with van der Waals surface area (Å²) in [4.78, 5) is 13.0. The smallest absolute Gasteiger partial charge is 0.309 e. The molecule has 1 heterocycles. The Balaban J connectivity index is 2.07. The summed E-state index contributed by atoms with van der Waals surface area (Å²) in [6.45, 7) is 7.99. The summed E-state index contributed by atoms with van der Waals surface area (Å²) < 4.78 is 34.5. The fourth-order valence-electron chi connectivity index (χ4n) is 4.87. The zero-order valence-corrected chi connectivity index (χ0v) is 21.4. The third kappa shape index (κ3) is 4.09. The number of aromatic hydroxyl groups is 1. The number of ether oxygens (including phenoxy) is 6. The van der Waals surface area contributed by atoms with Crippen molar-refractivity contribution in [1.29, 1.82) is 0 Å². The van der Waals surface area contributed by atoms with Gasteiger partial charge in [0.05, 0.1) is 27.2 Å². The normalized spacial score (nSPS) is 21.2. The molecule has 35 heavy (non-hydrogen) atoms. The van der Waals surface area contributed by atoms with Crippen LogP contribution < -0.4 is 23.7 Å². The Labute approximate surface area is 206 Å². The molecule has 2 aliphatic rings. The van der Waals surface area contributed by atoms with Gasteiger partial charge in [-0.15, -0.1) is 0 Å². The summed E-state index contributed by atoms with van der Waals surface area (Å²) in [6.07, 6.45) is 0.688. The molecule has 1 aliphatic heterocycles. The molecule has 2 aromatic rings. The van der Waals surface area contributed by atoms with E-state index in [0.717, 1.165) is 5.56 Å². The minimum absolute atomic E-state index is 0.00894. The molecule has 4 atom stereocenters. The number of rotatable bonds is 6. The second-order valence-electron chi connectivity index (χ2n) is 9.31. The second-order valence-corrected chi connectivity index (χ2v) is 9.31. The lowest BCUT2D eigenvalue weighted by molar-refractivity contribution is -0.157. The van der Waals surface area contributed by atoms with Crippen LogP contribution in [0.25, 0.3) is 11.1 Å². The zero-order valence-electron chi connectivity index (χ0n) is 21.4. The van der Waals surface area contributed by atoms with Crippen molar-refractivity contribution < 1.29 is 38.3 Å². The molecule has 1 aliphatic carbocycles. The molecular formula is C27H34O8. The molecule has 0 amide bonds. The van der Waals surface area contributed by atoms with Crippen LogP contribution in [-0.4, -0.2) is 39.2 Å². The van der Waals surface area contributed by atoms with E-state index in [4.69, 9.17) is 28.4 Å². The van der Waals surface area contributed by atoms with Crippen LogP contribution in [0.15, 0.2) is 12.1 Å². The highest BCUT2D eigenvalue weighted by Gasteiger charge is 2.40. The molecular weight excluding hydrogens is 452 g/mol. The number of carbonyl (C=O) groups is 1. The molecule has 1 N–H and O–H groups in total. The molecule has 190 valence electrons. The quantitative estimate of drug-likeness (QED) is 0.552. The molecule has 8 nitrogen and oxygen atoms in total. The van der Waals surface area contributed by atoms with E-state index in [-0.39, 0.29) is 42.0 Å². The van der Waals surface area contributed by atoms with Crippen molar-refractivity contribution in [2.24, 2.45) is 17.8 Å². The van der Waals surface area contributed by atoms with Crippen LogP contribution >= 0.6 is 0 Å². The Morgan fingerprint density at radius 3 is 2.43 bits per heavy atom. The summed E-state index contributed by atoms with van der Waals surface area (Å²) in [5.41, 5.74) is 2.68. The number of phenolic OH excluding ortho intramolecular Hbond substituents is 1. The van der Waals surface area contributed by atoms with Gasteiger partial charge in [0.2, 0.25) is 18.3 Å². The maximum atomic E-state index is 13.0. The number of esters is 1. The molecule has 0 bridgehead atoms. The van der Waals surface area contributed by atoms with Gasteiger partial charge in [0.15, 0.2) is 23.0 Å². The monoisotopic (exact) mass is 486 g/mol. The lowest BCUT2D eigenvalue weighted by Crippen LogP contribution is -2.28. The van der Waals surface area contributed by atoms with Crippen molar-refractivity contribution in [2.45, 2.75) is 46.6 Å². The van der Waals surface area contributed by atoms with Crippen LogP contribution in [0.3, 0.4) is 0 Å². The third-order valence-corrected chi connectivity index (χ3v) is 7.31. The van der Waals surface area contributed by atoms with E-state index >= 15 is 0 Å². The number of hydrogen-bond donors (Lipinski definition) is 1. The lowest BCUT2D eigenvalue weighted by Gasteiger charge is -2.35. The Hall–Kier alpha value is -3.29. The predicted octanol–water partition coefficient (Wildman–Crippen LogP) is 5.27. The summed E-state index contributed by atoms with van der Waals surface area (Å²) in [5.74, 6) is 1.46. The van der Waals surface area contributed by atoms with Gasteiger partial charge in [0.1, 0.15) is 6.10 Å². The molecule has 0 spiro atoms. The lowest BCUT2D eigenvalue weighted by atomic mass is 9.75. The number of benzene rings is 2. The minimum atomic E-state index is -0.618. The average molecular weight is 487 g/mol. The molecule has 8 heteroatoms. The van der Waals surface area contributed by atoms with E-state index in [9.17, 15) is 9.90 Å². The van der Waals surface area contributed by atoms with E-state index in [1.807, 2.05) is 19.9 Å². The minimum Gasteiger partial charge on any atom is -0.504 e. The molecule has 0 unspecified atom stereocenters. The highest BCUT2D eigenvalue weighted by atomic mass is 16.7. The molecule has 0 aromatic heterocycles. The first-order chi connectivity index (χ1) is 16.8. The van der Waals surface area contributed by atoms with E-state index in [2.05, 4.69) is 13.8 Å². The second kappa shape index (κ2) is 9.76. The van der Waals surface area contributed by atoms with Crippen LogP contribution in [-0.2, 0) is 16.0 Å². The van der Waals surface area contributed by atoms with Crippen molar-refractivity contribution in [3.8, 4) is 45.6 Å². The van der Waals surface area contributed by atoms with Crippen LogP contribution in [0.1, 0.15) is 51.3 Å². The highest BCUT2D eigenvalue weighted by Crippen LogP contribution is 2.58. The predicted molar refractivity (Wildman–Crippen MR) is 130 cm³/mol. The first kappa shape index (κ1) is 24.8. The van der Waals surface area contributed by atoms with Crippen LogP contribution in [0.4, 0.5) is 0 Å². The van der Waals surface area contributed by atoms with Crippen LogP contribution in [0.5, 0.6) is 34.5 Å². The SMILES string of the molecule is CC[C@@H](C)C(=O)O[C@@H]1c2cc3c(c(O)c2-c2c(cc(OC)c(OC)c2OC)C[C@@H](C)[C@H]1C)OCO3. The van der Waals surface area contributed by atoms with Crippen molar-refractivity contribution in [3.63, 3.8) is 0 Å². The fourth-order valence-corrected chi connectivity index (χ4v) is 4.87. The number of phenols is 1. The van der Waals surface area contributed by atoms with Gasteiger partial charge < -0.3 is 33.5 Å². The maximum absolute atomic E-state index is 13.0. The molecule has 0 saturated heterocycles. The molecule has 0 fully saturated rings. The van der Waals surface area contributed by atoms with Gasteiger partial charge in [-0.05, 0) is 36.5 Å². The first-order valence-electron chi connectivity index (χ1n) is 11.9. The number of fused-ring (bicyclic) bond motifs is 4. The largest absolute Gasteiger partial charge is 0.504 e. The first-order valence-corrected chi connectivity index (χ1v) is 11.9. The topological polar surface area (TPSA) is 92.7 Å². The number of carbonyl (C=O) groups excluding carboxylic acids is 1. The zero-order chi connectivity index (χ0) is 25.4. The van der Waals surface area contributed by atoms with Gasteiger partial charge in [-0.25, -0.2) is 0 Å². The average Bonchev–Trinajstić information content (AvgIpc) is 3.34. The third-order valence-electron chi connectivity index (χ3n) is 7.31. The Morgan fingerprint density at radius 1 is 1.09 bits per heavy atom. The maximum Gasteiger partial charge on any atom is 0.309 e. The Bertz CT molecular complexity index is 1130. The van der Waals surface area contributed by atoms with E-state index in [0.29, 0.717) is 52.5 Å². The van der Waals surface area contributed by atoms with E-state index in [1.54, 1.807) is 20.3 Å². The number of hydrogen-bond acceptors (Lipinski definition) is 8.